The number of carbonyl (C=O) groups is 2. The normalized spacial score (nSPS) is 18.2. The highest BCUT2D eigenvalue weighted by atomic mass is 16.5. The van der Waals surface area contributed by atoms with E-state index in [0.717, 1.165) is 49.6 Å². The van der Waals surface area contributed by atoms with Crippen LogP contribution < -0.4 is 5.32 Å². The van der Waals surface area contributed by atoms with Gasteiger partial charge in [-0.25, -0.2) is 0 Å². The Morgan fingerprint density at radius 1 is 0.923 bits per heavy atom. The van der Waals surface area contributed by atoms with Crippen LogP contribution in [-0.2, 0) is 4.74 Å². The van der Waals surface area contributed by atoms with Gasteiger partial charge in [-0.2, -0.15) is 0 Å². The molecule has 26 heavy (non-hydrogen) atoms. The van der Waals surface area contributed by atoms with Crippen LogP contribution in [0.1, 0.15) is 31.8 Å². The van der Waals surface area contributed by atoms with Crippen LogP contribution in [0.25, 0.3) is 0 Å². The molecule has 0 aromatic heterocycles. The van der Waals surface area contributed by atoms with E-state index in [1.54, 1.807) is 30.3 Å². The predicted octanol–water partition coefficient (Wildman–Crippen LogP) is 2.35. The first-order chi connectivity index (χ1) is 12.6. The van der Waals surface area contributed by atoms with E-state index in [-0.39, 0.29) is 11.6 Å². The summed E-state index contributed by atoms with van der Waals surface area (Å²) in [5.41, 5.74) is 2.72. The fraction of sp³-hybridized carbons (Fsp3) is 0.333. The van der Waals surface area contributed by atoms with Gasteiger partial charge in [-0.15, -0.1) is 0 Å². The minimum atomic E-state index is -0.0786. The molecule has 1 N–H and O–H groups in total. The Balaban J connectivity index is 1.58. The lowest BCUT2D eigenvalue weighted by atomic mass is 9.83. The van der Waals surface area contributed by atoms with Crippen LogP contribution in [0.3, 0.4) is 0 Å². The zero-order chi connectivity index (χ0) is 18.1. The number of carbonyl (C=O) groups excluding carboxylic acids is 2. The Morgan fingerprint density at radius 3 is 2.31 bits per heavy atom. The minimum absolute atomic E-state index is 0.0778. The molecule has 0 saturated carbocycles. The van der Waals surface area contributed by atoms with Crippen molar-refractivity contribution in [1.82, 2.24) is 0 Å². The number of benzene rings is 2. The number of hydrogen-bond acceptors (Lipinski definition) is 4. The predicted molar refractivity (Wildman–Crippen MR) is 99.8 cm³/mol. The molecule has 2 aliphatic rings. The van der Waals surface area contributed by atoms with Crippen molar-refractivity contribution < 1.29 is 18.8 Å². The number of anilines is 1. The van der Waals surface area contributed by atoms with Crippen molar-refractivity contribution >= 4 is 17.3 Å². The molecule has 0 radical (unpaired) electrons. The van der Waals surface area contributed by atoms with Crippen LogP contribution >= 0.6 is 0 Å². The maximum Gasteiger partial charge on any atom is 0.196 e. The lowest BCUT2D eigenvalue weighted by molar-refractivity contribution is -0.915. The molecule has 1 aliphatic carbocycles. The Hall–Kier alpha value is -2.50. The van der Waals surface area contributed by atoms with E-state index in [9.17, 15) is 9.59 Å². The van der Waals surface area contributed by atoms with Gasteiger partial charge in [-0.1, -0.05) is 36.4 Å². The number of ether oxygens (including phenoxy) is 1. The van der Waals surface area contributed by atoms with Crippen molar-refractivity contribution in [2.24, 2.45) is 0 Å². The summed E-state index contributed by atoms with van der Waals surface area (Å²) in [6.07, 6.45) is 0. The average molecular weight is 351 g/mol. The zero-order valence-electron chi connectivity index (χ0n) is 15.0. The van der Waals surface area contributed by atoms with Gasteiger partial charge in [0.25, 0.3) is 0 Å². The van der Waals surface area contributed by atoms with Gasteiger partial charge < -0.3 is 14.5 Å². The lowest BCUT2D eigenvalue weighted by Crippen LogP contribution is -2.53. The molecule has 2 aromatic rings. The number of quaternary nitrogens is 1. The summed E-state index contributed by atoms with van der Waals surface area (Å²) in [6.45, 7) is 5.28. The molecule has 5 nitrogen and oxygen atoms in total. The van der Waals surface area contributed by atoms with E-state index in [1.807, 2.05) is 12.1 Å². The van der Waals surface area contributed by atoms with Gasteiger partial charge in [0.05, 0.1) is 38.9 Å². The van der Waals surface area contributed by atoms with E-state index < -0.39 is 0 Å². The second-order valence-corrected chi connectivity index (χ2v) is 7.26. The molecule has 4 rings (SSSR count). The third-order valence-corrected chi connectivity index (χ3v) is 5.47. The molecule has 2 aromatic carbocycles. The summed E-state index contributed by atoms with van der Waals surface area (Å²) < 4.78 is 6.40. The molecular weight excluding hydrogens is 328 g/mol. The summed E-state index contributed by atoms with van der Waals surface area (Å²) in [7, 11) is 2.23. The van der Waals surface area contributed by atoms with Crippen LogP contribution in [0.15, 0.2) is 42.5 Å². The number of nitrogens with one attached hydrogen (secondary N) is 1. The van der Waals surface area contributed by atoms with Gasteiger partial charge >= 0.3 is 0 Å². The quantitative estimate of drug-likeness (QED) is 0.733. The van der Waals surface area contributed by atoms with E-state index in [2.05, 4.69) is 12.4 Å². The zero-order valence-corrected chi connectivity index (χ0v) is 15.0. The molecule has 134 valence electrons. The first kappa shape index (κ1) is 16.9. The Bertz CT molecular complexity index is 869. The topological polar surface area (TPSA) is 55.4 Å². The van der Waals surface area contributed by atoms with Crippen LogP contribution in [0.2, 0.25) is 0 Å². The molecule has 0 amide bonds. The Labute approximate surface area is 153 Å². The fourth-order valence-electron chi connectivity index (χ4n) is 3.76. The van der Waals surface area contributed by atoms with Crippen molar-refractivity contribution in [2.45, 2.75) is 0 Å². The molecule has 1 heterocycles. The third kappa shape index (κ3) is 2.93. The standard InChI is InChI=1S/C21H22N2O3/c1-23(11-13-26-14-12-23)10-9-22-18-8-4-7-17-19(18)21(25)16-6-3-2-5-15(16)20(17)24/h2-8H,9-14H2,1H3/p+1. The number of rotatable bonds is 4. The second-order valence-electron chi connectivity index (χ2n) is 7.26. The number of fused-ring (bicyclic) bond motifs is 2. The van der Waals surface area contributed by atoms with E-state index in [1.165, 1.54) is 0 Å². The first-order valence-corrected chi connectivity index (χ1v) is 9.06. The Morgan fingerprint density at radius 2 is 1.58 bits per heavy atom. The summed E-state index contributed by atoms with van der Waals surface area (Å²) in [4.78, 5) is 25.8. The SMILES string of the molecule is C[N+]1(CCNc2cccc3c2C(=O)c2ccccc2C3=O)CCOCC1. The van der Waals surface area contributed by atoms with Crippen LogP contribution in [0.5, 0.6) is 0 Å². The van der Waals surface area contributed by atoms with E-state index in [4.69, 9.17) is 4.74 Å². The summed E-state index contributed by atoms with van der Waals surface area (Å²) in [5, 5.41) is 3.40. The minimum Gasteiger partial charge on any atom is -0.379 e. The number of nitrogens with zero attached hydrogens (tertiary/aromatic N) is 1. The third-order valence-electron chi connectivity index (χ3n) is 5.47. The van der Waals surface area contributed by atoms with Crippen molar-refractivity contribution in [3.05, 3.63) is 64.7 Å². The molecule has 1 aliphatic heterocycles. The fourth-order valence-corrected chi connectivity index (χ4v) is 3.76. The van der Waals surface area contributed by atoms with E-state index >= 15 is 0 Å². The molecule has 0 spiro atoms. The van der Waals surface area contributed by atoms with Gasteiger partial charge in [0.1, 0.15) is 13.1 Å². The van der Waals surface area contributed by atoms with Gasteiger partial charge in [0.2, 0.25) is 0 Å². The van der Waals surface area contributed by atoms with Crippen molar-refractivity contribution in [1.29, 1.82) is 0 Å². The summed E-state index contributed by atoms with van der Waals surface area (Å²) >= 11 is 0. The summed E-state index contributed by atoms with van der Waals surface area (Å²) in [5.74, 6) is -0.156. The molecule has 0 atom stereocenters. The summed E-state index contributed by atoms with van der Waals surface area (Å²) in [6, 6.07) is 12.5. The van der Waals surface area contributed by atoms with Crippen molar-refractivity contribution in [2.75, 3.05) is 51.8 Å². The van der Waals surface area contributed by atoms with Crippen LogP contribution in [0.4, 0.5) is 5.69 Å². The van der Waals surface area contributed by atoms with Gasteiger partial charge in [0.15, 0.2) is 11.6 Å². The highest BCUT2D eigenvalue weighted by molar-refractivity contribution is 6.30. The lowest BCUT2D eigenvalue weighted by Gasteiger charge is -2.37. The largest absolute Gasteiger partial charge is 0.379 e. The number of hydrogen-bond donors (Lipinski definition) is 1. The van der Waals surface area contributed by atoms with Crippen LogP contribution in [0, 0.1) is 0 Å². The average Bonchev–Trinajstić information content (AvgIpc) is 2.66. The number of morpholine rings is 1. The number of likely N-dealkylation sites (N-methyl/N-ethyl adjacent to an activating group) is 1. The first-order valence-electron chi connectivity index (χ1n) is 9.06. The van der Waals surface area contributed by atoms with Crippen molar-refractivity contribution in [3.8, 4) is 0 Å². The highest BCUT2D eigenvalue weighted by Crippen LogP contribution is 2.31. The van der Waals surface area contributed by atoms with E-state index in [0.29, 0.717) is 22.3 Å². The molecule has 1 saturated heterocycles. The second kappa shape index (κ2) is 6.67. The van der Waals surface area contributed by atoms with Crippen LogP contribution in [-0.4, -0.2) is 62.5 Å². The molecule has 0 unspecified atom stereocenters. The molecular formula is C21H23N2O3+. The highest BCUT2D eigenvalue weighted by Gasteiger charge is 2.31. The smallest absolute Gasteiger partial charge is 0.196 e. The molecule has 1 fully saturated rings. The Kier molecular flexibility index (Phi) is 4.34. The number of ketones is 2. The maximum atomic E-state index is 13.0. The monoisotopic (exact) mass is 351 g/mol. The molecule has 0 bridgehead atoms. The van der Waals surface area contributed by atoms with Crippen molar-refractivity contribution in [3.63, 3.8) is 0 Å². The van der Waals surface area contributed by atoms with Gasteiger partial charge in [0, 0.05) is 22.4 Å². The molecule has 5 heteroatoms. The van der Waals surface area contributed by atoms with Gasteiger partial charge in [-0.05, 0) is 6.07 Å². The maximum absolute atomic E-state index is 13.0. The van der Waals surface area contributed by atoms with Gasteiger partial charge in [-0.3, -0.25) is 9.59 Å².